The predicted molar refractivity (Wildman–Crippen MR) is 103 cm³/mol. The molecule has 1 saturated heterocycles. The number of nitrogens with zero attached hydrogens (tertiary/aromatic N) is 1. The number of benzene rings is 2. The van der Waals surface area contributed by atoms with E-state index in [0.29, 0.717) is 11.1 Å². The fourth-order valence-corrected chi connectivity index (χ4v) is 3.40. The molecule has 1 aromatic heterocycles. The fraction of sp³-hybridized carbons (Fsp3) is 0.238. The lowest BCUT2D eigenvalue weighted by atomic mass is 10.1. The Morgan fingerprint density at radius 2 is 1.73 bits per heavy atom. The van der Waals surface area contributed by atoms with E-state index in [-0.39, 0.29) is 11.6 Å². The molecular formula is C21H20N2O3. The summed E-state index contributed by atoms with van der Waals surface area (Å²) in [5.74, 6) is -0.312. The average molecular weight is 348 g/mol. The fourth-order valence-electron chi connectivity index (χ4n) is 3.40. The summed E-state index contributed by atoms with van der Waals surface area (Å²) in [6.45, 7) is 3.69. The Hall–Kier alpha value is -3.08. The number of fused-ring (bicyclic) bond motifs is 1. The number of hydrogen-bond acceptors (Lipinski definition) is 4. The van der Waals surface area contributed by atoms with Crippen LogP contribution in [0.25, 0.3) is 11.0 Å². The van der Waals surface area contributed by atoms with Gasteiger partial charge in [-0.2, -0.15) is 0 Å². The van der Waals surface area contributed by atoms with Crippen LogP contribution in [0.1, 0.15) is 28.8 Å². The minimum atomic E-state index is -0.522. The Labute approximate surface area is 151 Å². The maximum absolute atomic E-state index is 12.7. The lowest BCUT2D eigenvalue weighted by molar-refractivity contribution is 0.102. The summed E-state index contributed by atoms with van der Waals surface area (Å²) >= 11 is 0. The first-order valence-corrected chi connectivity index (χ1v) is 8.82. The van der Waals surface area contributed by atoms with Crippen molar-refractivity contribution in [2.45, 2.75) is 19.8 Å². The van der Waals surface area contributed by atoms with Gasteiger partial charge in [-0.1, -0.05) is 29.8 Å². The molecule has 26 heavy (non-hydrogen) atoms. The van der Waals surface area contributed by atoms with Gasteiger partial charge >= 0.3 is 5.63 Å². The SMILES string of the molecule is Cc1ccc(C(=O)Nc2c(N3CCCC3)c3ccccc3oc2=O)cc1. The number of rotatable bonds is 3. The van der Waals surface area contributed by atoms with Gasteiger partial charge in [-0.25, -0.2) is 4.79 Å². The van der Waals surface area contributed by atoms with Crippen molar-refractivity contribution in [3.8, 4) is 0 Å². The van der Waals surface area contributed by atoms with Crippen molar-refractivity contribution in [3.05, 3.63) is 70.1 Å². The molecule has 132 valence electrons. The van der Waals surface area contributed by atoms with E-state index < -0.39 is 5.63 Å². The number of amides is 1. The zero-order valence-corrected chi connectivity index (χ0v) is 14.6. The van der Waals surface area contributed by atoms with E-state index in [1.54, 1.807) is 18.2 Å². The molecule has 0 bridgehead atoms. The predicted octanol–water partition coefficient (Wildman–Crippen LogP) is 3.95. The van der Waals surface area contributed by atoms with E-state index in [1.165, 1.54) is 0 Å². The molecule has 1 fully saturated rings. The monoisotopic (exact) mass is 348 g/mol. The Bertz CT molecular complexity index is 1020. The van der Waals surface area contributed by atoms with Gasteiger partial charge in [0.1, 0.15) is 5.58 Å². The zero-order valence-electron chi connectivity index (χ0n) is 14.6. The van der Waals surface area contributed by atoms with Gasteiger partial charge in [0.05, 0.1) is 5.69 Å². The Morgan fingerprint density at radius 3 is 2.46 bits per heavy atom. The molecule has 2 heterocycles. The second-order valence-electron chi connectivity index (χ2n) is 6.62. The van der Waals surface area contributed by atoms with Crippen LogP contribution >= 0.6 is 0 Å². The number of carbonyl (C=O) groups excluding carboxylic acids is 1. The standard InChI is InChI=1S/C21H20N2O3/c1-14-8-10-15(11-9-14)20(24)22-18-19(23-12-4-5-13-23)16-6-2-3-7-17(16)26-21(18)25/h2-3,6-11H,4-5,12-13H2,1H3,(H,22,24). The first kappa shape index (κ1) is 16.4. The molecule has 2 aromatic carbocycles. The van der Waals surface area contributed by atoms with Crippen molar-refractivity contribution < 1.29 is 9.21 Å². The molecule has 0 aliphatic carbocycles. The average Bonchev–Trinajstić information content (AvgIpc) is 3.17. The minimum Gasteiger partial charge on any atom is -0.421 e. The highest BCUT2D eigenvalue weighted by molar-refractivity contribution is 6.08. The first-order chi connectivity index (χ1) is 12.6. The maximum atomic E-state index is 12.7. The molecule has 1 amide bonds. The summed E-state index contributed by atoms with van der Waals surface area (Å²) in [6.07, 6.45) is 2.14. The van der Waals surface area contributed by atoms with Crippen LogP contribution in [0.15, 0.2) is 57.7 Å². The number of anilines is 2. The van der Waals surface area contributed by atoms with Gasteiger partial charge in [0.15, 0.2) is 5.69 Å². The van der Waals surface area contributed by atoms with Crippen molar-refractivity contribution in [1.29, 1.82) is 0 Å². The second-order valence-corrected chi connectivity index (χ2v) is 6.62. The zero-order chi connectivity index (χ0) is 18.1. The normalized spacial score (nSPS) is 14.0. The molecular weight excluding hydrogens is 328 g/mol. The van der Waals surface area contributed by atoms with Crippen molar-refractivity contribution in [3.63, 3.8) is 0 Å². The highest BCUT2D eigenvalue weighted by Gasteiger charge is 2.24. The van der Waals surface area contributed by atoms with E-state index in [2.05, 4.69) is 10.2 Å². The van der Waals surface area contributed by atoms with Gasteiger partial charge in [0.2, 0.25) is 0 Å². The van der Waals surface area contributed by atoms with Crippen molar-refractivity contribution in [2.75, 3.05) is 23.3 Å². The Kier molecular flexibility index (Phi) is 4.21. The van der Waals surface area contributed by atoms with Gasteiger partial charge in [0, 0.05) is 24.0 Å². The maximum Gasteiger partial charge on any atom is 0.362 e. The lowest BCUT2D eigenvalue weighted by Crippen LogP contribution is -2.25. The van der Waals surface area contributed by atoms with Gasteiger partial charge in [0.25, 0.3) is 5.91 Å². The summed E-state index contributed by atoms with van der Waals surface area (Å²) in [7, 11) is 0. The summed E-state index contributed by atoms with van der Waals surface area (Å²) in [4.78, 5) is 27.5. The molecule has 5 nitrogen and oxygen atoms in total. The number of carbonyl (C=O) groups is 1. The quantitative estimate of drug-likeness (QED) is 0.728. The van der Waals surface area contributed by atoms with Crippen LogP contribution in [0, 0.1) is 6.92 Å². The molecule has 3 aromatic rings. The summed E-state index contributed by atoms with van der Waals surface area (Å²) < 4.78 is 5.45. The van der Waals surface area contributed by atoms with Crippen LogP contribution < -0.4 is 15.8 Å². The van der Waals surface area contributed by atoms with Gasteiger partial charge in [-0.15, -0.1) is 0 Å². The van der Waals surface area contributed by atoms with E-state index >= 15 is 0 Å². The highest BCUT2D eigenvalue weighted by Crippen LogP contribution is 2.34. The summed E-state index contributed by atoms with van der Waals surface area (Å²) in [5, 5.41) is 3.64. The molecule has 0 spiro atoms. The van der Waals surface area contributed by atoms with Crippen LogP contribution in [0.2, 0.25) is 0 Å². The third-order valence-electron chi connectivity index (χ3n) is 4.76. The minimum absolute atomic E-state index is 0.219. The van der Waals surface area contributed by atoms with Crippen LogP contribution in [0.4, 0.5) is 11.4 Å². The van der Waals surface area contributed by atoms with E-state index in [4.69, 9.17) is 4.42 Å². The molecule has 0 atom stereocenters. The summed E-state index contributed by atoms with van der Waals surface area (Å²) in [5.41, 5.74) is 2.57. The van der Waals surface area contributed by atoms with Crippen molar-refractivity contribution >= 4 is 28.3 Å². The van der Waals surface area contributed by atoms with Crippen molar-refractivity contribution in [1.82, 2.24) is 0 Å². The van der Waals surface area contributed by atoms with Crippen LogP contribution in [-0.2, 0) is 0 Å². The Balaban J connectivity index is 1.81. The van der Waals surface area contributed by atoms with Gasteiger partial charge < -0.3 is 14.6 Å². The highest BCUT2D eigenvalue weighted by atomic mass is 16.4. The topological polar surface area (TPSA) is 62.6 Å². The van der Waals surface area contributed by atoms with Crippen molar-refractivity contribution in [2.24, 2.45) is 0 Å². The van der Waals surface area contributed by atoms with Gasteiger partial charge in [-0.05, 0) is 44.0 Å². The molecule has 0 saturated carbocycles. The smallest absolute Gasteiger partial charge is 0.362 e. The molecule has 1 N–H and O–H groups in total. The molecule has 5 heteroatoms. The third-order valence-corrected chi connectivity index (χ3v) is 4.76. The van der Waals surface area contributed by atoms with E-state index in [0.717, 1.165) is 42.6 Å². The molecule has 0 unspecified atom stereocenters. The Morgan fingerprint density at radius 1 is 1.04 bits per heavy atom. The third kappa shape index (κ3) is 2.96. The second kappa shape index (κ2) is 6.67. The lowest BCUT2D eigenvalue weighted by Gasteiger charge is -2.22. The number of para-hydroxylation sites is 1. The summed E-state index contributed by atoms with van der Waals surface area (Å²) in [6, 6.07) is 14.7. The molecule has 0 radical (unpaired) electrons. The molecule has 1 aliphatic rings. The van der Waals surface area contributed by atoms with E-state index in [9.17, 15) is 9.59 Å². The number of aryl methyl sites for hydroxylation is 1. The van der Waals surface area contributed by atoms with Crippen LogP contribution in [0.5, 0.6) is 0 Å². The number of nitrogens with one attached hydrogen (secondary N) is 1. The van der Waals surface area contributed by atoms with Crippen LogP contribution in [0.3, 0.4) is 0 Å². The first-order valence-electron chi connectivity index (χ1n) is 8.82. The number of hydrogen-bond donors (Lipinski definition) is 1. The largest absolute Gasteiger partial charge is 0.421 e. The van der Waals surface area contributed by atoms with Gasteiger partial charge in [-0.3, -0.25) is 4.79 Å². The van der Waals surface area contributed by atoms with Crippen LogP contribution in [-0.4, -0.2) is 19.0 Å². The molecule has 4 rings (SSSR count). The van der Waals surface area contributed by atoms with E-state index in [1.807, 2.05) is 37.3 Å². The molecule has 1 aliphatic heterocycles.